The van der Waals surface area contributed by atoms with E-state index in [9.17, 15) is 8.42 Å². The van der Waals surface area contributed by atoms with E-state index in [-0.39, 0.29) is 5.03 Å². The summed E-state index contributed by atoms with van der Waals surface area (Å²) < 4.78 is 28.3. The van der Waals surface area contributed by atoms with Crippen molar-refractivity contribution in [1.82, 2.24) is 14.9 Å². The molecule has 0 amide bonds. The van der Waals surface area contributed by atoms with Crippen LogP contribution in [0.25, 0.3) is 0 Å². The van der Waals surface area contributed by atoms with Crippen molar-refractivity contribution in [1.29, 1.82) is 0 Å². The lowest BCUT2D eigenvalue weighted by atomic mass is 10.2. The molecule has 0 spiro atoms. The first-order chi connectivity index (χ1) is 9.87. The van der Waals surface area contributed by atoms with E-state index in [4.69, 9.17) is 0 Å². The highest BCUT2D eigenvalue weighted by atomic mass is 32.2. The van der Waals surface area contributed by atoms with Gasteiger partial charge in [0.2, 0.25) is 0 Å². The van der Waals surface area contributed by atoms with Gasteiger partial charge in [0.05, 0.1) is 6.33 Å². The van der Waals surface area contributed by atoms with Crippen molar-refractivity contribution in [3.63, 3.8) is 0 Å². The Morgan fingerprint density at radius 1 is 1.24 bits per heavy atom. The highest BCUT2D eigenvalue weighted by molar-refractivity contribution is 7.92. The number of imidazole rings is 1. The zero-order valence-electron chi connectivity index (χ0n) is 12.4. The molecule has 0 unspecified atom stereocenters. The van der Waals surface area contributed by atoms with E-state index in [0.717, 1.165) is 12.1 Å². The Hall–Kier alpha value is -1.86. The molecule has 1 aromatic heterocycles. The molecule has 114 valence electrons. The maximum Gasteiger partial charge on any atom is 0.280 e. The number of benzene rings is 1. The van der Waals surface area contributed by atoms with Gasteiger partial charge in [-0.2, -0.15) is 8.42 Å². The maximum atomic E-state index is 12.1. The van der Waals surface area contributed by atoms with Crippen LogP contribution in [0.2, 0.25) is 0 Å². The molecule has 2 N–H and O–H groups in total. The summed E-state index contributed by atoms with van der Waals surface area (Å²) in [7, 11) is -1.90. The van der Waals surface area contributed by atoms with Gasteiger partial charge in [0, 0.05) is 31.5 Å². The molecular weight excluding hydrogens is 288 g/mol. The van der Waals surface area contributed by atoms with Crippen LogP contribution in [-0.2, 0) is 23.6 Å². The Bertz CT molecular complexity index is 690. The minimum atomic E-state index is -3.63. The number of anilines is 1. The van der Waals surface area contributed by atoms with Crippen LogP contribution in [0.3, 0.4) is 0 Å². The third kappa shape index (κ3) is 4.30. The summed E-state index contributed by atoms with van der Waals surface area (Å²) in [5.74, 6) is 0. The Balaban J connectivity index is 2.06. The van der Waals surface area contributed by atoms with Gasteiger partial charge in [-0.3, -0.25) is 4.72 Å². The Labute approximate surface area is 125 Å². The molecule has 0 aliphatic carbocycles. The average molecular weight is 308 g/mol. The quantitative estimate of drug-likeness (QED) is 0.852. The van der Waals surface area contributed by atoms with Gasteiger partial charge in [-0.25, -0.2) is 4.98 Å². The number of hydrogen-bond donors (Lipinski definition) is 2. The van der Waals surface area contributed by atoms with Crippen molar-refractivity contribution < 1.29 is 8.42 Å². The largest absolute Gasteiger partial charge is 0.339 e. The van der Waals surface area contributed by atoms with Crippen molar-refractivity contribution in [2.75, 3.05) is 4.72 Å². The monoisotopic (exact) mass is 308 g/mol. The molecule has 0 saturated heterocycles. The van der Waals surface area contributed by atoms with Gasteiger partial charge < -0.3 is 9.88 Å². The summed E-state index contributed by atoms with van der Waals surface area (Å²) in [5.41, 5.74) is 1.62. The third-order valence-corrected chi connectivity index (χ3v) is 4.14. The van der Waals surface area contributed by atoms with Crippen LogP contribution < -0.4 is 10.0 Å². The summed E-state index contributed by atoms with van der Waals surface area (Å²) in [5, 5.41) is 3.32. The standard InChI is InChI=1S/C14H20N4O2S/c1-11(2)15-8-12-4-6-13(7-5-12)17-21(19,20)14-9-18(3)10-16-14/h4-7,9-11,15,17H,8H2,1-3H3. The number of aryl methyl sites for hydroxylation is 1. The minimum Gasteiger partial charge on any atom is -0.339 e. The average Bonchev–Trinajstić information content (AvgIpc) is 2.85. The lowest BCUT2D eigenvalue weighted by molar-refractivity contribution is 0.589. The maximum absolute atomic E-state index is 12.1. The minimum absolute atomic E-state index is 0.00977. The molecule has 0 bridgehead atoms. The third-order valence-electron chi connectivity index (χ3n) is 2.88. The molecule has 0 aliphatic heterocycles. The van der Waals surface area contributed by atoms with Gasteiger partial charge in [-0.05, 0) is 17.7 Å². The highest BCUT2D eigenvalue weighted by Gasteiger charge is 2.16. The summed E-state index contributed by atoms with van der Waals surface area (Å²) >= 11 is 0. The first-order valence-corrected chi connectivity index (χ1v) is 8.18. The number of nitrogens with one attached hydrogen (secondary N) is 2. The van der Waals surface area contributed by atoms with Crippen molar-refractivity contribution in [3.8, 4) is 0 Å². The predicted octanol–water partition coefficient (Wildman–Crippen LogP) is 1.72. The van der Waals surface area contributed by atoms with E-state index in [0.29, 0.717) is 11.7 Å². The molecule has 0 saturated carbocycles. The molecule has 0 radical (unpaired) electrons. The second-order valence-electron chi connectivity index (χ2n) is 5.22. The molecule has 1 aromatic carbocycles. The van der Waals surface area contributed by atoms with Gasteiger partial charge >= 0.3 is 0 Å². The number of rotatable bonds is 6. The Morgan fingerprint density at radius 3 is 2.43 bits per heavy atom. The first-order valence-electron chi connectivity index (χ1n) is 6.70. The lowest BCUT2D eigenvalue weighted by Crippen LogP contribution is -2.21. The normalized spacial score (nSPS) is 11.8. The van der Waals surface area contributed by atoms with E-state index >= 15 is 0 Å². The van der Waals surface area contributed by atoms with Crippen LogP contribution in [0.4, 0.5) is 5.69 Å². The predicted molar refractivity (Wildman–Crippen MR) is 82.4 cm³/mol. The van der Waals surface area contributed by atoms with Gasteiger partial charge in [0.15, 0.2) is 5.03 Å². The summed E-state index contributed by atoms with van der Waals surface area (Å²) in [4.78, 5) is 3.85. The van der Waals surface area contributed by atoms with E-state index < -0.39 is 10.0 Å². The van der Waals surface area contributed by atoms with Crippen molar-refractivity contribution >= 4 is 15.7 Å². The zero-order valence-corrected chi connectivity index (χ0v) is 13.2. The SMILES string of the molecule is CC(C)NCc1ccc(NS(=O)(=O)c2cn(C)cn2)cc1. The van der Waals surface area contributed by atoms with Gasteiger partial charge in [-0.15, -0.1) is 0 Å². The zero-order chi connectivity index (χ0) is 15.5. The van der Waals surface area contributed by atoms with Crippen LogP contribution in [0.15, 0.2) is 41.8 Å². The molecule has 7 heteroatoms. The second-order valence-corrected chi connectivity index (χ2v) is 6.84. The summed E-state index contributed by atoms with van der Waals surface area (Å²) in [6, 6.07) is 7.69. The van der Waals surface area contributed by atoms with E-state index in [2.05, 4.69) is 28.9 Å². The smallest absolute Gasteiger partial charge is 0.280 e. The van der Waals surface area contributed by atoms with Crippen molar-refractivity contribution in [3.05, 3.63) is 42.4 Å². The first kappa shape index (κ1) is 15.5. The summed E-state index contributed by atoms with van der Waals surface area (Å²) in [6.45, 7) is 4.91. The van der Waals surface area contributed by atoms with Crippen LogP contribution >= 0.6 is 0 Å². The summed E-state index contributed by atoms with van der Waals surface area (Å²) in [6.07, 6.45) is 2.92. The molecule has 21 heavy (non-hydrogen) atoms. The molecule has 0 aliphatic rings. The van der Waals surface area contributed by atoms with Crippen molar-refractivity contribution in [2.45, 2.75) is 31.5 Å². The van der Waals surface area contributed by atoms with Crippen molar-refractivity contribution in [2.24, 2.45) is 7.05 Å². The fourth-order valence-corrected chi connectivity index (χ4v) is 2.79. The molecular formula is C14H20N4O2S. The fourth-order valence-electron chi connectivity index (χ4n) is 1.75. The van der Waals surface area contributed by atoms with E-state index in [1.54, 1.807) is 23.7 Å². The lowest BCUT2D eigenvalue weighted by Gasteiger charge is -2.09. The second kappa shape index (κ2) is 6.28. The Kier molecular flexibility index (Phi) is 4.64. The molecule has 1 heterocycles. The van der Waals surface area contributed by atoms with Gasteiger partial charge in [0.25, 0.3) is 10.0 Å². The van der Waals surface area contributed by atoms with Crippen LogP contribution in [0, 0.1) is 0 Å². The number of nitrogens with zero attached hydrogens (tertiary/aromatic N) is 2. The highest BCUT2D eigenvalue weighted by Crippen LogP contribution is 2.15. The topological polar surface area (TPSA) is 76.0 Å². The number of sulfonamides is 1. The van der Waals surface area contributed by atoms with Gasteiger partial charge in [-0.1, -0.05) is 26.0 Å². The van der Waals surface area contributed by atoms with Crippen LogP contribution in [0.1, 0.15) is 19.4 Å². The number of hydrogen-bond acceptors (Lipinski definition) is 4. The van der Waals surface area contributed by atoms with Gasteiger partial charge in [0.1, 0.15) is 0 Å². The molecule has 0 atom stereocenters. The molecule has 6 nitrogen and oxygen atoms in total. The van der Waals surface area contributed by atoms with E-state index in [1.165, 1.54) is 12.5 Å². The van der Waals surface area contributed by atoms with Crippen LogP contribution in [0.5, 0.6) is 0 Å². The van der Waals surface area contributed by atoms with Crippen LogP contribution in [-0.4, -0.2) is 24.0 Å². The molecule has 2 rings (SSSR count). The Morgan fingerprint density at radius 2 is 1.90 bits per heavy atom. The molecule has 0 fully saturated rings. The molecule has 2 aromatic rings. The fraction of sp³-hybridized carbons (Fsp3) is 0.357. The van der Waals surface area contributed by atoms with E-state index in [1.807, 2.05) is 12.1 Å². The number of aromatic nitrogens is 2.